The van der Waals surface area contributed by atoms with Crippen molar-refractivity contribution in [2.75, 3.05) is 0 Å². The molecule has 0 aromatic heterocycles. The minimum absolute atomic E-state index is 0.332. The molecule has 1 saturated carbocycles. The van der Waals surface area contributed by atoms with Crippen LogP contribution >= 0.6 is 0 Å². The Balaban J connectivity index is 2.32. The molecule has 0 aromatic carbocycles. The van der Waals surface area contributed by atoms with Crippen molar-refractivity contribution in [1.29, 1.82) is 0 Å². The Morgan fingerprint density at radius 2 is 1.47 bits per heavy atom. The summed E-state index contributed by atoms with van der Waals surface area (Å²) in [6, 6.07) is 0. The van der Waals surface area contributed by atoms with E-state index in [-0.39, 0.29) is 0 Å². The van der Waals surface area contributed by atoms with Crippen LogP contribution in [0.25, 0.3) is 0 Å². The monoisotopic (exact) mass is 256 g/mol. The summed E-state index contributed by atoms with van der Waals surface area (Å²) < 4.78 is 64.9. The van der Waals surface area contributed by atoms with E-state index in [9.17, 15) is 27.1 Å². The third-order valence-corrected chi connectivity index (χ3v) is 3.86. The van der Waals surface area contributed by atoms with E-state index in [4.69, 9.17) is 0 Å². The van der Waals surface area contributed by atoms with Crippen molar-refractivity contribution in [3.63, 3.8) is 0 Å². The SMILES string of the molecule is OC1(C(F)(F)F)CC2CC=CCC2CC1(F)F. The van der Waals surface area contributed by atoms with Gasteiger partial charge in [-0.2, -0.15) is 13.2 Å². The summed E-state index contributed by atoms with van der Waals surface area (Å²) in [4.78, 5) is 0. The second kappa shape index (κ2) is 3.67. The first-order valence-corrected chi connectivity index (χ1v) is 5.49. The van der Waals surface area contributed by atoms with Crippen LogP contribution in [0.1, 0.15) is 25.7 Å². The fraction of sp³-hybridized carbons (Fsp3) is 0.818. The lowest BCUT2D eigenvalue weighted by atomic mass is 9.65. The predicted octanol–water partition coefficient (Wildman–Crippen LogP) is 3.29. The first-order valence-electron chi connectivity index (χ1n) is 5.49. The summed E-state index contributed by atoms with van der Waals surface area (Å²) in [5.74, 6) is -5.07. The Morgan fingerprint density at radius 1 is 1.00 bits per heavy atom. The van der Waals surface area contributed by atoms with Crippen LogP contribution < -0.4 is 0 Å². The van der Waals surface area contributed by atoms with Crippen LogP contribution in [0.2, 0.25) is 0 Å². The first-order chi connectivity index (χ1) is 7.67. The maximum Gasteiger partial charge on any atom is 0.423 e. The average molecular weight is 256 g/mol. The third-order valence-electron chi connectivity index (χ3n) is 3.86. The summed E-state index contributed by atoms with van der Waals surface area (Å²) in [6.45, 7) is 0. The zero-order valence-corrected chi connectivity index (χ0v) is 8.97. The fourth-order valence-corrected chi connectivity index (χ4v) is 2.78. The van der Waals surface area contributed by atoms with E-state index in [2.05, 4.69) is 0 Å². The van der Waals surface area contributed by atoms with Crippen molar-refractivity contribution >= 4 is 0 Å². The molecule has 0 heterocycles. The molecule has 3 unspecified atom stereocenters. The molecule has 0 aromatic rings. The molecular formula is C11H13F5O. The van der Waals surface area contributed by atoms with Gasteiger partial charge in [0.05, 0.1) is 0 Å². The van der Waals surface area contributed by atoms with Gasteiger partial charge in [-0.15, -0.1) is 0 Å². The van der Waals surface area contributed by atoms with E-state index in [0.717, 1.165) is 0 Å². The molecule has 1 fully saturated rings. The second-order valence-corrected chi connectivity index (χ2v) is 4.93. The van der Waals surface area contributed by atoms with Crippen molar-refractivity contribution in [2.24, 2.45) is 11.8 Å². The van der Waals surface area contributed by atoms with Gasteiger partial charge in [-0.05, 0) is 31.1 Å². The highest BCUT2D eigenvalue weighted by Crippen LogP contribution is 2.55. The second-order valence-electron chi connectivity index (χ2n) is 4.93. The van der Waals surface area contributed by atoms with Crippen LogP contribution in [-0.4, -0.2) is 22.8 Å². The fourth-order valence-electron chi connectivity index (χ4n) is 2.78. The number of allylic oxidation sites excluding steroid dienone is 2. The molecule has 2 rings (SSSR count). The van der Waals surface area contributed by atoms with E-state index in [1.54, 1.807) is 12.2 Å². The third kappa shape index (κ3) is 1.86. The standard InChI is InChI=1S/C11H13F5O/c12-10(13)6-8-4-2-1-3-7(8)5-9(10,17)11(14,15)16/h1-2,7-8,17H,3-6H2. The van der Waals surface area contributed by atoms with Crippen LogP contribution in [0.3, 0.4) is 0 Å². The number of hydrogen-bond donors (Lipinski definition) is 1. The van der Waals surface area contributed by atoms with Crippen molar-refractivity contribution in [2.45, 2.75) is 43.4 Å². The molecule has 98 valence electrons. The molecular weight excluding hydrogens is 243 g/mol. The summed E-state index contributed by atoms with van der Waals surface area (Å²) >= 11 is 0. The van der Waals surface area contributed by atoms with Gasteiger partial charge < -0.3 is 5.11 Å². The molecule has 0 spiro atoms. The van der Waals surface area contributed by atoms with Crippen LogP contribution in [0, 0.1) is 11.8 Å². The molecule has 0 aliphatic heterocycles. The van der Waals surface area contributed by atoms with Crippen LogP contribution in [0.5, 0.6) is 0 Å². The van der Waals surface area contributed by atoms with Gasteiger partial charge in [0.25, 0.3) is 5.92 Å². The molecule has 17 heavy (non-hydrogen) atoms. The van der Waals surface area contributed by atoms with Gasteiger partial charge in [0.15, 0.2) is 0 Å². The quantitative estimate of drug-likeness (QED) is 0.521. The van der Waals surface area contributed by atoms with E-state index in [1.807, 2.05) is 0 Å². The van der Waals surface area contributed by atoms with Crippen LogP contribution in [0.4, 0.5) is 22.0 Å². The van der Waals surface area contributed by atoms with Crippen molar-refractivity contribution in [3.8, 4) is 0 Å². The summed E-state index contributed by atoms with van der Waals surface area (Å²) in [7, 11) is 0. The van der Waals surface area contributed by atoms with Gasteiger partial charge in [0, 0.05) is 6.42 Å². The molecule has 0 saturated heterocycles. The minimum Gasteiger partial charge on any atom is -0.376 e. The Kier molecular flexibility index (Phi) is 2.76. The Hall–Kier alpha value is -0.650. The zero-order valence-electron chi connectivity index (χ0n) is 8.97. The van der Waals surface area contributed by atoms with Crippen LogP contribution in [0.15, 0.2) is 12.2 Å². The highest BCUT2D eigenvalue weighted by Gasteiger charge is 2.71. The Bertz CT molecular complexity index is 335. The lowest BCUT2D eigenvalue weighted by molar-refractivity contribution is -0.352. The zero-order chi connectivity index (χ0) is 12.9. The molecule has 2 aliphatic carbocycles. The smallest absolute Gasteiger partial charge is 0.376 e. The van der Waals surface area contributed by atoms with Gasteiger partial charge in [0.1, 0.15) is 0 Å². The molecule has 2 aliphatic rings. The molecule has 3 atom stereocenters. The highest BCUT2D eigenvalue weighted by atomic mass is 19.4. The summed E-state index contributed by atoms with van der Waals surface area (Å²) in [5.41, 5.74) is -3.87. The molecule has 6 heteroatoms. The molecule has 1 nitrogen and oxygen atoms in total. The average Bonchev–Trinajstić information content (AvgIpc) is 2.17. The van der Waals surface area contributed by atoms with E-state index in [1.165, 1.54) is 0 Å². The number of fused-ring (bicyclic) bond motifs is 1. The number of aliphatic hydroxyl groups is 1. The van der Waals surface area contributed by atoms with Gasteiger partial charge in [-0.1, -0.05) is 12.2 Å². The predicted molar refractivity (Wildman–Crippen MR) is 50.5 cm³/mol. The molecule has 0 bridgehead atoms. The van der Waals surface area contributed by atoms with E-state index in [0.29, 0.717) is 12.8 Å². The van der Waals surface area contributed by atoms with E-state index >= 15 is 0 Å². The highest BCUT2D eigenvalue weighted by molar-refractivity contribution is 5.09. The minimum atomic E-state index is -5.29. The molecule has 0 radical (unpaired) electrons. The first kappa shape index (κ1) is 12.8. The molecule has 1 N–H and O–H groups in total. The Labute approximate surface area is 95.3 Å². The lowest BCUT2D eigenvalue weighted by Crippen LogP contribution is -2.63. The number of halogens is 5. The summed E-state index contributed by atoms with van der Waals surface area (Å²) in [5, 5.41) is 9.38. The largest absolute Gasteiger partial charge is 0.423 e. The number of alkyl halides is 5. The summed E-state index contributed by atoms with van der Waals surface area (Å²) in [6.07, 6.45) is -2.97. The van der Waals surface area contributed by atoms with Crippen LogP contribution in [-0.2, 0) is 0 Å². The van der Waals surface area contributed by atoms with Gasteiger partial charge in [-0.3, -0.25) is 0 Å². The van der Waals surface area contributed by atoms with Crippen molar-refractivity contribution in [1.82, 2.24) is 0 Å². The van der Waals surface area contributed by atoms with Gasteiger partial charge >= 0.3 is 6.18 Å². The maximum absolute atomic E-state index is 13.5. The normalized spacial score (nSPS) is 41.1. The lowest BCUT2D eigenvalue weighted by Gasteiger charge is -2.47. The molecule has 0 amide bonds. The number of hydrogen-bond acceptors (Lipinski definition) is 1. The maximum atomic E-state index is 13.5. The Morgan fingerprint density at radius 3 is 1.94 bits per heavy atom. The van der Waals surface area contributed by atoms with Crippen molar-refractivity contribution < 1.29 is 27.1 Å². The van der Waals surface area contributed by atoms with E-state index < -0.39 is 42.4 Å². The van der Waals surface area contributed by atoms with Crippen molar-refractivity contribution in [3.05, 3.63) is 12.2 Å². The van der Waals surface area contributed by atoms with Gasteiger partial charge in [-0.25, -0.2) is 8.78 Å². The number of rotatable bonds is 0. The topological polar surface area (TPSA) is 20.2 Å². The van der Waals surface area contributed by atoms with Gasteiger partial charge in [0.2, 0.25) is 5.60 Å².